The van der Waals surface area contributed by atoms with Crippen LogP contribution in [0.5, 0.6) is 5.75 Å². The molecular weight excluding hydrogens is 346 g/mol. The van der Waals surface area contributed by atoms with Gasteiger partial charge in [0.05, 0.1) is 5.69 Å². The number of rotatable bonds is 3. The van der Waals surface area contributed by atoms with Crippen LogP contribution in [0.2, 0.25) is 0 Å². The maximum Gasteiger partial charge on any atom is 0.277 e. The van der Waals surface area contributed by atoms with Gasteiger partial charge in [-0.1, -0.05) is 35.5 Å². The zero-order chi connectivity index (χ0) is 19.0. The molecule has 0 bridgehead atoms. The number of fused-ring (bicyclic) bond motifs is 1. The van der Waals surface area contributed by atoms with Crippen molar-refractivity contribution < 1.29 is 18.8 Å². The quantitative estimate of drug-likeness (QED) is 0.771. The normalized spacial score (nSPS) is 15.9. The number of benzene rings is 2. The number of anilines is 2. The summed E-state index contributed by atoms with van der Waals surface area (Å²) in [4.78, 5) is 26.1. The average Bonchev–Trinajstić information content (AvgIpc) is 3.18. The SMILES string of the molecule is CC1Oc2ccc(NC(=O)c3cc(-c4ccccc4)on3)cc2N(C)C1=O. The van der Waals surface area contributed by atoms with E-state index in [1.54, 1.807) is 38.2 Å². The topological polar surface area (TPSA) is 84.7 Å². The van der Waals surface area contributed by atoms with Crippen molar-refractivity contribution in [2.45, 2.75) is 13.0 Å². The molecule has 0 aliphatic carbocycles. The number of likely N-dealkylation sites (N-methyl/N-ethyl adjacent to an activating group) is 1. The van der Waals surface area contributed by atoms with E-state index in [0.717, 1.165) is 5.56 Å². The molecule has 7 nitrogen and oxygen atoms in total. The molecule has 1 aliphatic rings. The van der Waals surface area contributed by atoms with Crippen molar-refractivity contribution in [3.63, 3.8) is 0 Å². The molecule has 0 spiro atoms. The van der Waals surface area contributed by atoms with Crippen molar-refractivity contribution in [1.82, 2.24) is 5.16 Å². The van der Waals surface area contributed by atoms with E-state index in [2.05, 4.69) is 10.5 Å². The van der Waals surface area contributed by atoms with Crippen LogP contribution < -0.4 is 15.0 Å². The zero-order valence-corrected chi connectivity index (χ0v) is 14.8. The Morgan fingerprint density at radius 1 is 1.15 bits per heavy atom. The molecule has 4 rings (SSSR count). The molecule has 0 radical (unpaired) electrons. The van der Waals surface area contributed by atoms with Gasteiger partial charge in [-0.3, -0.25) is 9.59 Å². The van der Waals surface area contributed by atoms with Crippen molar-refractivity contribution >= 4 is 23.2 Å². The highest BCUT2D eigenvalue weighted by molar-refractivity contribution is 6.05. The van der Waals surface area contributed by atoms with Gasteiger partial charge in [-0.05, 0) is 25.1 Å². The molecule has 3 aromatic rings. The molecule has 2 aromatic carbocycles. The summed E-state index contributed by atoms with van der Waals surface area (Å²) in [6.45, 7) is 1.70. The Hall–Kier alpha value is -3.61. The molecular formula is C20H17N3O4. The minimum Gasteiger partial charge on any atom is -0.479 e. The van der Waals surface area contributed by atoms with E-state index in [1.165, 1.54) is 4.90 Å². The standard InChI is InChI=1S/C20H17N3O4/c1-12-20(25)23(2)16-10-14(8-9-17(16)26-12)21-19(24)15-11-18(27-22-15)13-6-4-3-5-7-13/h3-12H,1-2H3,(H,21,24). The van der Waals surface area contributed by atoms with E-state index in [0.29, 0.717) is 22.9 Å². The van der Waals surface area contributed by atoms with Gasteiger partial charge in [0.15, 0.2) is 17.6 Å². The number of carbonyl (C=O) groups is 2. The fourth-order valence-electron chi connectivity index (χ4n) is 2.91. The Kier molecular flexibility index (Phi) is 4.12. The fourth-order valence-corrected chi connectivity index (χ4v) is 2.91. The summed E-state index contributed by atoms with van der Waals surface area (Å²) in [5.74, 6) is 0.559. The van der Waals surface area contributed by atoms with Gasteiger partial charge in [-0.15, -0.1) is 0 Å². The lowest BCUT2D eigenvalue weighted by atomic mass is 10.1. The Balaban J connectivity index is 1.54. The molecule has 2 amide bonds. The van der Waals surface area contributed by atoms with E-state index in [9.17, 15) is 9.59 Å². The van der Waals surface area contributed by atoms with Gasteiger partial charge in [0.25, 0.3) is 11.8 Å². The Morgan fingerprint density at radius 3 is 2.70 bits per heavy atom. The van der Waals surface area contributed by atoms with Gasteiger partial charge in [0, 0.05) is 24.4 Å². The van der Waals surface area contributed by atoms with Crippen molar-refractivity contribution in [2.24, 2.45) is 0 Å². The first-order valence-corrected chi connectivity index (χ1v) is 8.44. The molecule has 1 atom stereocenters. The van der Waals surface area contributed by atoms with Crippen molar-refractivity contribution in [1.29, 1.82) is 0 Å². The van der Waals surface area contributed by atoms with Crippen LogP contribution in [-0.4, -0.2) is 30.1 Å². The van der Waals surface area contributed by atoms with Crippen molar-refractivity contribution in [2.75, 3.05) is 17.3 Å². The van der Waals surface area contributed by atoms with Gasteiger partial charge < -0.3 is 19.5 Å². The average molecular weight is 363 g/mol. The fraction of sp³-hybridized carbons (Fsp3) is 0.150. The summed E-state index contributed by atoms with van der Waals surface area (Å²) in [6.07, 6.45) is -0.533. The first-order valence-electron chi connectivity index (χ1n) is 8.44. The molecule has 7 heteroatoms. The number of hydrogen-bond donors (Lipinski definition) is 1. The second-order valence-electron chi connectivity index (χ2n) is 6.24. The third-order valence-electron chi connectivity index (χ3n) is 4.36. The molecule has 0 fully saturated rings. The van der Waals surface area contributed by atoms with Gasteiger partial charge in [0.2, 0.25) is 0 Å². The highest BCUT2D eigenvalue weighted by Crippen LogP contribution is 2.35. The molecule has 0 saturated carbocycles. The van der Waals surface area contributed by atoms with Crippen LogP contribution in [0.4, 0.5) is 11.4 Å². The van der Waals surface area contributed by atoms with E-state index in [1.807, 2.05) is 30.3 Å². The lowest BCUT2D eigenvalue weighted by Crippen LogP contribution is -2.41. The molecule has 27 heavy (non-hydrogen) atoms. The molecule has 2 heterocycles. The third kappa shape index (κ3) is 3.15. The van der Waals surface area contributed by atoms with Gasteiger partial charge >= 0.3 is 0 Å². The van der Waals surface area contributed by atoms with Gasteiger partial charge in [0.1, 0.15) is 5.75 Å². The second kappa shape index (κ2) is 6.60. The highest BCUT2D eigenvalue weighted by atomic mass is 16.5. The second-order valence-corrected chi connectivity index (χ2v) is 6.24. The minimum atomic E-state index is -0.533. The Labute approximate surface area is 155 Å². The zero-order valence-electron chi connectivity index (χ0n) is 14.8. The van der Waals surface area contributed by atoms with Crippen LogP contribution in [0.3, 0.4) is 0 Å². The summed E-state index contributed by atoms with van der Waals surface area (Å²) in [6, 6.07) is 16.1. The Bertz CT molecular complexity index is 1010. The number of carbonyl (C=O) groups excluding carboxylic acids is 2. The summed E-state index contributed by atoms with van der Waals surface area (Å²) in [5, 5.41) is 6.60. The van der Waals surface area contributed by atoms with E-state index < -0.39 is 12.0 Å². The van der Waals surface area contributed by atoms with Crippen LogP contribution in [0, 0.1) is 0 Å². The first-order chi connectivity index (χ1) is 13.0. The predicted molar refractivity (Wildman–Crippen MR) is 99.8 cm³/mol. The van der Waals surface area contributed by atoms with Crippen LogP contribution in [-0.2, 0) is 4.79 Å². The largest absolute Gasteiger partial charge is 0.479 e. The first kappa shape index (κ1) is 16.8. The monoisotopic (exact) mass is 363 g/mol. The van der Waals surface area contributed by atoms with Gasteiger partial charge in [-0.2, -0.15) is 0 Å². The smallest absolute Gasteiger partial charge is 0.277 e. The van der Waals surface area contributed by atoms with Crippen molar-refractivity contribution in [3.05, 3.63) is 60.3 Å². The summed E-state index contributed by atoms with van der Waals surface area (Å²) in [7, 11) is 1.68. The van der Waals surface area contributed by atoms with E-state index in [-0.39, 0.29) is 11.6 Å². The summed E-state index contributed by atoms with van der Waals surface area (Å²) >= 11 is 0. The molecule has 1 aromatic heterocycles. The number of nitrogens with one attached hydrogen (secondary N) is 1. The lowest BCUT2D eigenvalue weighted by molar-refractivity contribution is -0.125. The molecule has 0 saturated heterocycles. The van der Waals surface area contributed by atoms with Crippen LogP contribution in [0.1, 0.15) is 17.4 Å². The number of ether oxygens (including phenoxy) is 1. The van der Waals surface area contributed by atoms with E-state index >= 15 is 0 Å². The molecule has 1 unspecified atom stereocenters. The van der Waals surface area contributed by atoms with Crippen LogP contribution in [0.25, 0.3) is 11.3 Å². The number of nitrogens with zero attached hydrogens (tertiary/aromatic N) is 2. The molecule has 136 valence electrons. The predicted octanol–water partition coefficient (Wildman–Crippen LogP) is 3.34. The maximum atomic E-state index is 12.5. The number of aromatic nitrogens is 1. The summed E-state index contributed by atoms with van der Waals surface area (Å²) < 4.78 is 10.8. The van der Waals surface area contributed by atoms with Crippen molar-refractivity contribution in [3.8, 4) is 17.1 Å². The van der Waals surface area contributed by atoms with Gasteiger partial charge in [-0.25, -0.2) is 0 Å². The molecule has 1 N–H and O–H groups in total. The molecule has 1 aliphatic heterocycles. The summed E-state index contributed by atoms with van der Waals surface area (Å²) in [5.41, 5.74) is 2.13. The number of hydrogen-bond acceptors (Lipinski definition) is 5. The number of amides is 2. The third-order valence-corrected chi connectivity index (χ3v) is 4.36. The van der Waals surface area contributed by atoms with E-state index in [4.69, 9.17) is 9.26 Å². The van der Waals surface area contributed by atoms with Crippen LogP contribution >= 0.6 is 0 Å². The Morgan fingerprint density at radius 2 is 1.93 bits per heavy atom. The minimum absolute atomic E-state index is 0.144. The highest BCUT2D eigenvalue weighted by Gasteiger charge is 2.29. The maximum absolute atomic E-state index is 12.5. The van der Waals surface area contributed by atoms with Crippen LogP contribution in [0.15, 0.2) is 59.1 Å². The lowest BCUT2D eigenvalue weighted by Gasteiger charge is -2.30.